The third-order valence-electron chi connectivity index (χ3n) is 2.75. The molecule has 4 nitrogen and oxygen atoms in total. The van der Waals surface area contributed by atoms with Gasteiger partial charge in [-0.2, -0.15) is 0 Å². The van der Waals surface area contributed by atoms with Gasteiger partial charge in [-0.05, 0) is 25.0 Å². The van der Waals surface area contributed by atoms with Crippen molar-refractivity contribution in [2.24, 2.45) is 0 Å². The Morgan fingerprint density at radius 2 is 2.12 bits per heavy atom. The fourth-order valence-electron chi connectivity index (χ4n) is 1.88. The van der Waals surface area contributed by atoms with Crippen LogP contribution in [0.3, 0.4) is 0 Å². The molecule has 2 aromatic rings. The number of hydrogen-bond acceptors (Lipinski definition) is 4. The number of hydrogen-bond donors (Lipinski definition) is 0. The van der Waals surface area contributed by atoms with E-state index in [-0.39, 0.29) is 17.8 Å². The molecule has 1 aromatic carbocycles. The average molecular weight is 234 g/mol. The van der Waals surface area contributed by atoms with Gasteiger partial charge in [-0.3, -0.25) is 0 Å². The van der Waals surface area contributed by atoms with Crippen LogP contribution in [0.15, 0.2) is 28.7 Å². The number of ether oxygens (including phenoxy) is 1. The molecule has 1 aliphatic rings. The second-order valence-corrected chi connectivity index (χ2v) is 3.93. The smallest absolute Gasteiger partial charge is 0.250 e. The lowest BCUT2D eigenvalue weighted by Gasteiger charge is -2.01. The van der Waals surface area contributed by atoms with Crippen LogP contribution in [0.5, 0.6) is 0 Å². The first-order valence-electron chi connectivity index (χ1n) is 5.54. The molecule has 1 fully saturated rings. The molecule has 88 valence electrons. The maximum Gasteiger partial charge on any atom is 0.250 e. The molecular formula is C12H11FN2O2. The van der Waals surface area contributed by atoms with Crippen LogP contribution in [0.4, 0.5) is 4.39 Å². The zero-order valence-corrected chi connectivity index (χ0v) is 9.10. The Hall–Kier alpha value is -1.75. The van der Waals surface area contributed by atoms with E-state index in [4.69, 9.17) is 9.15 Å². The summed E-state index contributed by atoms with van der Waals surface area (Å²) < 4.78 is 24.4. The maximum atomic E-state index is 13.5. The van der Waals surface area contributed by atoms with Crippen molar-refractivity contribution in [1.82, 2.24) is 10.2 Å². The number of aromatic nitrogens is 2. The normalized spacial score (nSPS) is 19.7. The van der Waals surface area contributed by atoms with Crippen LogP contribution in [0, 0.1) is 5.82 Å². The summed E-state index contributed by atoms with van der Waals surface area (Å²) in [6.07, 6.45) is 1.73. The molecule has 0 N–H and O–H groups in total. The summed E-state index contributed by atoms with van der Waals surface area (Å²) in [4.78, 5) is 0. The molecule has 1 saturated heterocycles. The minimum atomic E-state index is -0.366. The highest BCUT2D eigenvalue weighted by atomic mass is 19.1. The van der Waals surface area contributed by atoms with E-state index in [1.165, 1.54) is 6.07 Å². The highest BCUT2D eigenvalue weighted by Gasteiger charge is 2.24. The van der Waals surface area contributed by atoms with E-state index < -0.39 is 0 Å². The van der Waals surface area contributed by atoms with Crippen LogP contribution >= 0.6 is 0 Å². The molecule has 1 aliphatic heterocycles. The molecule has 3 rings (SSSR count). The monoisotopic (exact) mass is 234 g/mol. The van der Waals surface area contributed by atoms with Gasteiger partial charge in [0.25, 0.3) is 5.89 Å². The van der Waals surface area contributed by atoms with Gasteiger partial charge in [-0.1, -0.05) is 12.1 Å². The fraction of sp³-hybridized carbons (Fsp3) is 0.333. The lowest BCUT2D eigenvalue weighted by atomic mass is 10.2. The first-order chi connectivity index (χ1) is 8.34. The molecule has 5 heteroatoms. The van der Waals surface area contributed by atoms with E-state index in [0.29, 0.717) is 18.1 Å². The Kier molecular flexibility index (Phi) is 2.60. The third-order valence-corrected chi connectivity index (χ3v) is 2.75. The van der Waals surface area contributed by atoms with E-state index in [1.807, 2.05) is 0 Å². The van der Waals surface area contributed by atoms with Crippen LogP contribution in [-0.2, 0) is 4.74 Å². The zero-order chi connectivity index (χ0) is 11.7. The minimum absolute atomic E-state index is 0.136. The second-order valence-electron chi connectivity index (χ2n) is 3.93. The number of rotatable bonds is 2. The summed E-state index contributed by atoms with van der Waals surface area (Å²) in [6, 6.07) is 6.33. The quantitative estimate of drug-likeness (QED) is 0.801. The fourth-order valence-corrected chi connectivity index (χ4v) is 1.88. The van der Waals surface area contributed by atoms with Gasteiger partial charge in [-0.15, -0.1) is 10.2 Å². The van der Waals surface area contributed by atoms with Crippen molar-refractivity contribution >= 4 is 0 Å². The average Bonchev–Trinajstić information content (AvgIpc) is 3.00. The zero-order valence-electron chi connectivity index (χ0n) is 9.10. The highest BCUT2D eigenvalue weighted by Crippen LogP contribution is 2.30. The molecule has 0 bridgehead atoms. The Bertz CT molecular complexity index is 521. The minimum Gasteiger partial charge on any atom is -0.418 e. The molecule has 0 radical (unpaired) electrons. The van der Waals surface area contributed by atoms with Crippen molar-refractivity contribution in [3.8, 4) is 11.5 Å². The van der Waals surface area contributed by atoms with Crippen LogP contribution in [-0.4, -0.2) is 16.8 Å². The predicted octanol–water partition coefficient (Wildman–Crippen LogP) is 2.73. The van der Waals surface area contributed by atoms with Gasteiger partial charge in [0.15, 0.2) is 0 Å². The summed E-state index contributed by atoms with van der Waals surface area (Å²) in [5, 5.41) is 7.76. The molecule has 2 heterocycles. The van der Waals surface area contributed by atoms with Crippen LogP contribution in [0.1, 0.15) is 24.8 Å². The van der Waals surface area contributed by atoms with E-state index in [2.05, 4.69) is 10.2 Å². The molecule has 0 spiro atoms. The van der Waals surface area contributed by atoms with Gasteiger partial charge in [0.05, 0.1) is 5.56 Å². The summed E-state index contributed by atoms with van der Waals surface area (Å²) in [5.74, 6) is 0.268. The lowest BCUT2D eigenvalue weighted by Crippen LogP contribution is -1.95. The first-order valence-corrected chi connectivity index (χ1v) is 5.54. The SMILES string of the molecule is Fc1ccccc1-c1nnc([C@H]2CCCO2)o1. The van der Waals surface area contributed by atoms with Gasteiger partial charge in [-0.25, -0.2) is 4.39 Å². The van der Waals surface area contributed by atoms with Gasteiger partial charge in [0, 0.05) is 6.61 Å². The van der Waals surface area contributed by atoms with Crippen molar-refractivity contribution in [2.45, 2.75) is 18.9 Å². The Balaban J connectivity index is 1.92. The summed E-state index contributed by atoms with van der Waals surface area (Å²) in [7, 11) is 0. The van der Waals surface area contributed by atoms with Crippen LogP contribution < -0.4 is 0 Å². The molecule has 1 aromatic heterocycles. The number of nitrogens with zero attached hydrogens (tertiary/aromatic N) is 2. The molecular weight excluding hydrogens is 223 g/mol. The van der Waals surface area contributed by atoms with Crippen molar-refractivity contribution in [3.05, 3.63) is 36.0 Å². The Morgan fingerprint density at radius 1 is 1.24 bits per heavy atom. The van der Waals surface area contributed by atoms with Gasteiger partial charge in [0.2, 0.25) is 5.89 Å². The number of halogens is 1. The topological polar surface area (TPSA) is 48.2 Å². The molecule has 1 atom stereocenters. The highest BCUT2D eigenvalue weighted by molar-refractivity contribution is 5.53. The molecule has 0 unspecified atom stereocenters. The van der Waals surface area contributed by atoms with E-state index in [9.17, 15) is 4.39 Å². The Labute approximate surface area is 97.4 Å². The molecule has 0 amide bonds. The predicted molar refractivity (Wildman–Crippen MR) is 57.6 cm³/mol. The van der Waals surface area contributed by atoms with Crippen LogP contribution in [0.2, 0.25) is 0 Å². The lowest BCUT2D eigenvalue weighted by molar-refractivity contribution is 0.0896. The summed E-state index contributed by atoms with van der Waals surface area (Å²) in [6.45, 7) is 0.710. The van der Waals surface area contributed by atoms with E-state index >= 15 is 0 Å². The standard InChI is InChI=1S/C12H11FN2O2/c13-9-5-2-1-4-8(9)11-14-15-12(17-11)10-6-3-7-16-10/h1-2,4-5,10H,3,6-7H2/t10-/m1/s1. The van der Waals surface area contributed by atoms with Crippen molar-refractivity contribution in [2.75, 3.05) is 6.61 Å². The van der Waals surface area contributed by atoms with Gasteiger partial charge < -0.3 is 9.15 Å². The molecule has 0 saturated carbocycles. The van der Waals surface area contributed by atoms with Crippen molar-refractivity contribution < 1.29 is 13.5 Å². The Morgan fingerprint density at radius 3 is 2.88 bits per heavy atom. The van der Waals surface area contributed by atoms with Crippen LogP contribution in [0.25, 0.3) is 11.5 Å². The second kappa shape index (κ2) is 4.25. The number of benzene rings is 1. The third kappa shape index (κ3) is 1.93. The first kappa shape index (κ1) is 10.4. The molecule has 17 heavy (non-hydrogen) atoms. The van der Waals surface area contributed by atoms with Crippen molar-refractivity contribution in [1.29, 1.82) is 0 Å². The van der Waals surface area contributed by atoms with E-state index in [1.54, 1.807) is 18.2 Å². The largest absolute Gasteiger partial charge is 0.418 e. The summed E-state index contributed by atoms with van der Waals surface area (Å²) in [5.41, 5.74) is 0.323. The van der Waals surface area contributed by atoms with E-state index in [0.717, 1.165) is 12.8 Å². The summed E-state index contributed by atoms with van der Waals surface area (Å²) >= 11 is 0. The van der Waals surface area contributed by atoms with Gasteiger partial charge >= 0.3 is 0 Å². The van der Waals surface area contributed by atoms with Crippen molar-refractivity contribution in [3.63, 3.8) is 0 Å². The van der Waals surface area contributed by atoms with Gasteiger partial charge in [0.1, 0.15) is 11.9 Å². The molecule has 0 aliphatic carbocycles. The maximum absolute atomic E-state index is 13.5.